The molecule has 0 radical (unpaired) electrons. The molecule has 2 heterocycles. The molecule has 106 valence electrons. The van der Waals surface area contributed by atoms with Crippen LogP contribution in [0.5, 0.6) is 0 Å². The van der Waals surface area contributed by atoms with Crippen LogP contribution in [0.25, 0.3) is 10.9 Å². The number of H-pyrrole nitrogens is 1. The third-order valence-corrected chi connectivity index (χ3v) is 3.19. The summed E-state index contributed by atoms with van der Waals surface area (Å²) in [6.07, 6.45) is 2.89. The quantitative estimate of drug-likeness (QED) is 0.570. The van der Waals surface area contributed by atoms with Gasteiger partial charge in [0.25, 0.3) is 11.7 Å². The lowest BCUT2D eigenvalue weighted by atomic mass is 10.2. The number of hydrogen-bond acceptors (Lipinski definition) is 3. The smallest absolute Gasteiger partial charge is 0.296 e. The Kier molecular flexibility index (Phi) is 3.06. The summed E-state index contributed by atoms with van der Waals surface area (Å²) in [7, 11) is 1.69. The van der Waals surface area contributed by atoms with Crippen molar-refractivity contribution in [2.24, 2.45) is 7.05 Å². The second kappa shape index (κ2) is 4.90. The van der Waals surface area contributed by atoms with Crippen molar-refractivity contribution < 1.29 is 9.59 Å². The van der Waals surface area contributed by atoms with Crippen LogP contribution in [-0.4, -0.2) is 26.5 Å². The van der Waals surface area contributed by atoms with E-state index in [-0.39, 0.29) is 5.56 Å². The van der Waals surface area contributed by atoms with Gasteiger partial charge in [-0.25, -0.2) is 0 Å². The minimum Gasteiger partial charge on any atom is -0.359 e. The van der Waals surface area contributed by atoms with Crippen molar-refractivity contribution in [1.29, 1.82) is 0 Å². The number of anilines is 1. The van der Waals surface area contributed by atoms with Crippen molar-refractivity contribution >= 4 is 28.3 Å². The second-order valence-electron chi connectivity index (χ2n) is 4.94. The van der Waals surface area contributed by atoms with E-state index in [1.54, 1.807) is 13.1 Å². The van der Waals surface area contributed by atoms with E-state index in [0.717, 1.165) is 16.6 Å². The molecule has 3 aromatic rings. The van der Waals surface area contributed by atoms with E-state index in [1.165, 1.54) is 17.1 Å². The Bertz CT molecular complexity index is 844. The van der Waals surface area contributed by atoms with Crippen molar-refractivity contribution in [3.63, 3.8) is 0 Å². The van der Waals surface area contributed by atoms with Gasteiger partial charge in [-0.15, -0.1) is 0 Å². The maximum atomic E-state index is 12.0. The molecule has 2 N–H and O–H groups in total. The summed E-state index contributed by atoms with van der Waals surface area (Å²) in [5, 5.41) is 7.48. The van der Waals surface area contributed by atoms with Crippen molar-refractivity contribution in [2.45, 2.75) is 6.92 Å². The summed E-state index contributed by atoms with van der Waals surface area (Å²) < 4.78 is 1.48. The Balaban J connectivity index is 1.80. The summed E-state index contributed by atoms with van der Waals surface area (Å²) in [6.45, 7) is 1.96. The van der Waals surface area contributed by atoms with Gasteiger partial charge in [-0.3, -0.25) is 14.3 Å². The molecule has 0 unspecified atom stereocenters. The van der Waals surface area contributed by atoms with Crippen LogP contribution >= 0.6 is 0 Å². The number of ketones is 1. The van der Waals surface area contributed by atoms with Crippen LogP contribution in [0.15, 0.2) is 36.7 Å². The van der Waals surface area contributed by atoms with Crippen molar-refractivity contribution in [1.82, 2.24) is 14.8 Å². The molecule has 3 rings (SSSR count). The van der Waals surface area contributed by atoms with E-state index in [4.69, 9.17) is 0 Å². The van der Waals surface area contributed by atoms with Gasteiger partial charge in [-0.05, 0) is 31.2 Å². The first-order valence-corrected chi connectivity index (χ1v) is 6.46. The highest BCUT2D eigenvalue weighted by molar-refractivity contribution is 6.46. The number of aromatic nitrogens is 3. The molecule has 0 spiro atoms. The van der Waals surface area contributed by atoms with Gasteiger partial charge in [-0.2, -0.15) is 5.10 Å². The van der Waals surface area contributed by atoms with Crippen LogP contribution in [0.2, 0.25) is 0 Å². The normalized spacial score (nSPS) is 10.8. The molecule has 1 amide bonds. The Hall–Kier alpha value is -2.89. The Labute approximate surface area is 120 Å². The molecule has 0 aliphatic rings. The Morgan fingerprint density at radius 3 is 2.81 bits per heavy atom. The lowest BCUT2D eigenvalue weighted by Gasteiger charge is -2.03. The minimum absolute atomic E-state index is 0.272. The summed E-state index contributed by atoms with van der Waals surface area (Å²) >= 11 is 0. The predicted octanol–water partition coefficient (Wildman–Crippen LogP) is 2.03. The average Bonchev–Trinajstić information content (AvgIpc) is 3.02. The molecule has 0 aliphatic carbocycles. The standard InChI is InChI=1S/C15H14N4O2/c1-9-5-10-6-12(3-4-13(10)17-9)18-15(21)14(20)11-7-16-19(2)8-11/h3-8,17H,1-2H3,(H,18,21). The van der Waals surface area contributed by atoms with Crippen LogP contribution < -0.4 is 5.32 Å². The highest BCUT2D eigenvalue weighted by atomic mass is 16.2. The third-order valence-electron chi connectivity index (χ3n) is 3.19. The van der Waals surface area contributed by atoms with E-state index >= 15 is 0 Å². The van der Waals surface area contributed by atoms with Crippen molar-refractivity contribution in [2.75, 3.05) is 5.32 Å². The highest BCUT2D eigenvalue weighted by Crippen LogP contribution is 2.20. The van der Waals surface area contributed by atoms with Crippen LogP contribution in [0, 0.1) is 6.92 Å². The van der Waals surface area contributed by atoms with E-state index in [2.05, 4.69) is 15.4 Å². The predicted molar refractivity (Wildman–Crippen MR) is 79.2 cm³/mol. The van der Waals surface area contributed by atoms with Gasteiger partial charge < -0.3 is 10.3 Å². The number of fused-ring (bicyclic) bond motifs is 1. The fourth-order valence-corrected chi connectivity index (χ4v) is 2.21. The molecule has 6 heteroatoms. The fraction of sp³-hybridized carbons (Fsp3) is 0.133. The van der Waals surface area contributed by atoms with E-state index in [9.17, 15) is 9.59 Å². The first kappa shape index (κ1) is 13.1. The van der Waals surface area contributed by atoms with Gasteiger partial charge >= 0.3 is 0 Å². The zero-order chi connectivity index (χ0) is 15.0. The van der Waals surface area contributed by atoms with Crippen LogP contribution in [0.1, 0.15) is 16.1 Å². The van der Waals surface area contributed by atoms with Crippen molar-refractivity contribution in [3.05, 3.63) is 47.9 Å². The largest absolute Gasteiger partial charge is 0.359 e. The third kappa shape index (κ3) is 2.55. The first-order chi connectivity index (χ1) is 10.0. The number of Topliss-reactive ketones (excluding diaryl/α,β-unsaturated/α-hetero) is 1. The lowest BCUT2D eigenvalue weighted by Crippen LogP contribution is -2.22. The second-order valence-corrected chi connectivity index (χ2v) is 4.94. The fourth-order valence-electron chi connectivity index (χ4n) is 2.21. The number of nitrogens with one attached hydrogen (secondary N) is 2. The Morgan fingerprint density at radius 1 is 1.29 bits per heavy atom. The topological polar surface area (TPSA) is 79.8 Å². The molecule has 0 fully saturated rings. The number of carbonyl (C=O) groups excluding carboxylic acids is 2. The zero-order valence-corrected chi connectivity index (χ0v) is 11.7. The summed E-state index contributed by atoms with van der Waals surface area (Å²) in [6, 6.07) is 7.43. The van der Waals surface area contributed by atoms with Crippen molar-refractivity contribution in [3.8, 4) is 0 Å². The monoisotopic (exact) mass is 282 g/mol. The molecule has 6 nitrogen and oxygen atoms in total. The number of amides is 1. The zero-order valence-electron chi connectivity index (χ0n) is 11.7. The minimum atomic E-state index is -0.672. The van der Waals surface area contributed by atoms with Crippen LogP contribution in [0.4, 0.5) is 5.69 Å². The maximum absolute atomic E-state index is 12.0. The van der Waals surface area contributed by atoms with E-state index in [0.29, 0.717) is 5.69 Å². The van der Waals surface area contributed by atoms with E-state index in [1.807, 2.05) is 25.1 Å². The van der Waals surface area contributed by atoms with Crippen LogP contribution in [0.3, 0.4) is 0 Å². The number of hydrogen-bond donors (Lipinski definition) is 2. The number of nitrogens with zero attached hydrogens (tertiary/aromatic N) is 2. The lowest BCUT2D eigenvalue weighted by molar-refractivity contribution is -0.112. The van der Waals surface area contributed by atoms with Crippen LogP contribution in [-0.2, 0) is 11.8 Å². The van der Waals surface area contributed by atoms with Gasteiger partial charge in [0.05, 0.1) is 11.8 Å². The summed E-state index contributed by atoms with van der Waals surface area (Å²) in [5.41, 5.74) is 2.89. The number of benzene rings is 1. The summed E-state index contributed by atoms with van der Waals surface area (Å²) in [4.78, 5) is 27.1. The van der Waals surface area contributed by atoms with Gasteiger partial charge in [0.2, 0.25) is 0 Å². The molecule has 0 saturated heterocycles. The SMILES string of the molecule is Cc1cc2cc(NC(=O)C(=O)c3cnn(C)c3)ccc2[nH]1. The molecule has 21 heavy (non-hydrogen) atoms. The molecule has 0 aliphatic heterocycles. The molecule has 0 bridgehead atoms. The summed E-state index contributed by atoms with van der Waals surface area (Å²) in [5.74, 6) is -1.27. The maximum Gasteiger partial charge on any atom is 0.296 e. The Morgan fingerprint density at radius 2 is 2.10 bits per heavy atom. The van der Waals surface area contributed by atoms with Gasteiger partial charge in [0.15, 0.2) is 0 Å². The van der Waals surface area contributed by atoms with E-state index < -0.39 is 11.7 Å². The number of rotatable bonds is 3. The number of carbonyl (C=O) groups is 2. The molecular weight excluding hydrogens is 268 g/mol. The molecule has 0 atom stereocenters. The molecule has 0 saturated carbocycles. The molecule has 2 aromatic heterocycles. The highest BCUT2D eigenvalue weighted by Gasteiger charge is 2.18. The van der Waals surface area contributed by atoms with Gasteiger partial charge in [0, 0.05) is 35.5 Å². The molecular formula is C15H14N4O2. The number of aryl methyl sites for hydroxylation is 2. The number of aromatic amines is 1. The first-order valence-electron chi connectivity index (χ1n) is 6.46. The molecule has 1 aromatic carbocycles. The van der Waals surface area contributed by atoms with Gasteiger partial charge in [-0.1, -0.05) is 0 Å². The average molecular weight is 282 g/mol. The van der Waals surface area contributed by atoms with Gasteiger partial charge in [0.1, 0.15) is 0 Å².